The number of fused-ring (bicyclic) bond motifs is 1. The average molecular weight is 434 g/mol. The zero-order chi connectivity index (χ0) is 19.6. The van der Waals surface area contributed by atoms with E-state index in [1.165, 1.54) is 18.2 Å². The Morgan fingerprint density at radius 2 is 1.96 bits per heavy atom. The van der Waals surface area contributed by atoms with Crippen molar-refractivity contribution in [2.75, 3.05) is 11.4 Å². The molecule has 0 saturated carbocycles. The van der Waals surface area contributed by atoms with Crippen molar-refractivity contribution in [3.8, 4) is 0 Å². The number of carbonyl (C=O) groups is 3. The maximum absolute atomic E-state index is 13.2. The minimum atomic E-state index is -0.926. The monoisotopic (exact) mass is 433 g/mol. The molecule has 8 heteroatoms. The fraction of sp³-hybridized carbons (Fsp3) is 0.211. The first-order valence-electron chi connectivity index (χ1n) is 8.34. The van der Waals surface area contributed by atoms with Gasteiger partial charge in [-0.05, 0) is 42.8 Å². The summed E-state index contributed by atoms with van der Waals surface area (Å²) in [5, 5.41) is 4.91. The first-order chi connectivity index (χ1) is 12.9. The Morgan fingerprint density at radius 3 is 2.67 bits per heavy atom. The van der Waals surface area contributed by atoms with Gasteiger partial charge in [-0.1, -0.05) is 28.1 Å². The molecule has 6 nitrogen and oxygen atoms in total. The van der Waals surface area contributed by atoms with E-state index in [1.807, 2.05) is 13.0 Å². The van der Waals surface area contributed by atoms with Crippen LogP contribution < -0.4 is 15.5 Å². The van der Waals surface area contributed by atoms with Crippen molar-refractivity contribution in [2.45, 2.75) is 19.5 Å². The van der Waals surface area contributed by atoms with Crippen LogP contribution in [0.25, 0.3) is 0 Å². The molecule has 0 spiro atoms. The number of halogens is 2. The second-order valence-electron chi connectivity index (χ2n) is 6.00. The number of amides is 3. The van der Waals surface area contributed by atoms with Gasteiger partial charge in [0.2, 0.25) is 0 Å². The number of rotatable bonds is 4. The van der Waals surface area contributed by atoms with Gasteiger partial charge < -0.3 is 15.5 Å². The highest BCUT2D eigenvalue weighted by Gasteiger charge is 2.38. The van der Waals surface area contributed by atoms with Gasteiger partial charge in [-0.2, -0.15) is 0 Å². The SMILES string of the molecule is CCN1C(=O)C(NC(=O)C(=O)NCc2cccc(F)c2)c2cc(Br)ccc21. The summed E-state index contributed by atoms with van der Waals surface area (Å²) in [4.78, 5) is 38.5. The summed E-state index contributed by atoms with van der Waals surface area (Å²) >= 11 is 3.35. The van der Waals surface area contributed by atoms with Crippen LogP contribution in [0.5, 0.6) is 0 Å². The first kappa shape index (κ1) is 19.0. The standard InChI is InChI=1S/C19H17BrFN3O3/c1-2-24-15-7-6-12(20)9-14(15)16(19(24)27)23-18(26)17(25)22-10-11-4-3-5-13(21)8-11/h3-9,16H,2,10H2,1H3,(H,22,25)(H,23,26). The third kappa shape index (κ3) is 4.00. The third-order valence-corrected chi connectivity index (χ3v) is 4.74. The quantitative estimate of drug-likeness (QED) is 0.726. The molecule has 0 radical (unpaired) electrons. The van der Waals surface area contributed by atoms with Gasteiger partial charge >= 0.3 is 11.8 Å². The third-order valence-electron chi connectivity index (χ3n) is 4.24. The lowest BCUT2D eigenvalue weighted by Crippen LogP contribution is -2.44. The van der Waals surface area contributed by atoms with Crippen molar-refractivity contribution >= 4 is 39.3 Å². The van der Waals surface area contributed by atoms with Crippen molar-refractivity contribution in [3.63, 3.8) is 0 Å². The number of nitrogens with zero attached hydrogens (tertiary/aromatic N) is 1. The minimum Gasteiger partial charge on any atom is -0.344 e. The lowest BCUT2D eigenvalue weighted by atomic mass is 10.1. The number of likely N-dealkylation sites (N-methyl/N-ethyl adjacent to an activating group) is 1. The molecule has 2 N–H and O–H groups in total. The summed E-state index contributed by atoms with van der Waals surface area (Å²) in [6.45, 7) is 2.29. The molecular weight excluding hydrogens is 417 g/mol. The summed E-state index contributed by atoms with van der Waals surface area (Å²) < 4.78 is 13.9. The molecule has 1 atom stereocenters. The highest BCUT2D eigenvalue weighted by Crippen LogP contribution is 2.37. The van der Waals surface area contributed by atoms with E-state index in [0.717, 1.165) is 4.47 Å². The van der Waals surface area contributed by atoms with Gasteiger partial charge in [0, 0.05) is 28.8 Å². The summed E-state index contributed by atoms with van der Waals surface area (Å²) in [5.74, 6) is -2.53. The predicted molar refractivity (Wildman–Crippen MR) is 101 cm³/mol. The van der Waals surface area contributed by atoms with E-state index in [4.69, 9.17) is 0 Å². The molecule has 27 heavy (non-hydrogen) atoms. The van der Waals surface area contributed by atoms with Crippen molar-refractivity contribution in [3.05, 3.63) is 63.9 Å². The maximum Gasteiger partial charge on any atom is 0.310 e. The Hall–Kier alpha value is -2.74. The summed E-state index contributed by atoms with van der Waals surface area (Å²) in [6, 6.07) is 10.1. The number of nitrogens with one attached hydrogen (secondary N) is 2. The van der Waals surface area contributed by atoms with Crippen LogP contribution in [0.1, 0.15) is 24.1 Å². The fourth-order valence-electron chi connectivity index (χ4n) is 2.98. The summed E-state index contributed by atoms with van der Waals surface area (Å²) in [6.07, 6.45) is 0. The second-order valence-corrected chi connectivity index (χ2v) is 6.92. The largest absolute Gasteiger partial charge is 0.344 e. The highest BCUT2D eigenvalue weighted by molar-refractivity contribution is 9.10. The molecule has 2 aromatic rings. The van der Waals surface area contributed by atoms with Gasteiger partial charge in [0.1, 0.15) is 11.9 Å². The van der Waals surface area contributed by atoms with Gasteiger partial charge in [0.05, 0.1) is 0 Å². The molecule has 0 bridgehead atoms. The average Bonchev–Trinajstić information content (AvgIpc) is 2.90. The van der Waals surface area contributed by atoms with Crippen LogP contribution in [0, 0.1) is 5.82 Å². The Labute approximate surface area is 163 Å². The lowest BCUT2D eigenvalue weighted by Gasteiger charge is -2.15. The van der Waals surface area contributed by atoms with Crippen molar-refractivity contribution in [1.82, 2.24) is 10.6 Å². The molecule has 3 rings (SSSR count). The van der Waals surface area contributed by atoms with E-state index < -0.39 is 23.7 Å². The van der Waals surface area contributed by atoms with Crippen LogP contribution in [0.15, 0.2) is 46.9 Å². The normalized spacial score (nSPS) is 15.4. The van der Waals surface area contributed by atoms with Crippen LogP contribution in [0.4, 0.5) is 10.1 Å². The van der Waals surface area contributed by atoms with Gasteiger partial charge in [-0.3, -0.25) is 14.4 Å². The smallest absolute Gasteiger partial charge is 0.310 e. The zero-order valence-electron chi connectivity index (χ0n) is 14.5. The molecule has 1 aliphatic heterocycles. The Kier molecular flexibility index (Phi) is 5.55. The Bertz CT molecular complexity index is 919. The van der Waals surface area contributed by atoms with Crippen LogP contribution in [-0.2, 0) is 20.9 Å². The van der Waals surface area contributed by atoms with E-state index in [9.17, 15) is 18.8 Å². The molecule has 1 heterocycles. The van der Waals surface area contributed by atoms with E-state index >= 15 is 0 Å². The molecular formula is C19H17BrFN3O3. The number of hydrogen-bond donors (Lipinski definition) is 2. The molecule has 0 fully saturated rings. The molecule has 140 valence electrons. The van der Waals surface area contributed by atoms with E-state index in [-0.39, 0.29) is 12.5 Å². The van der Waals surface area contributed by atoms with E-state index in [1.54, 1.807) is 23.1 Å². The Morgan fingerprint density at radius 1 is 1.19 bits per heavy atom. The minimum absolute atomic E-state index is 0.00580. The van der Waals surface area contributed by atoms with Crippen LogP contribution in [-0.4, -0.2) is 24.3 Å². The second kappa shape index (κ2) is 7.87. The number of carbonyl (C=O) groups excluding carboxylic acids is 3. The van der Waals surface area contributed by atoms with Gasteiger partial charge in [0.25, 0.3) is 5.91 Å². The lowest BCUT2D eigenvalue weighted by molar-refractivity contribution is -0.140. The number of benzene rings is 2. The number of anilines is 1. The molecule has 0 saturated heterocycles. The van der Waals surface area contributed by atoms with Crippen molar-refractivity contribution in [2.24, 2.45) is 0 Å². The first-order valence-corrected chi connectivity index (χ1v) is 9.14. The summed E-state index contributed by atoms with van der Waals surface area (Å²) in [5.41, 5.74) is 1.86. The molecule has 2 aromatic carbocycles. The maximum atomic E-state index is 13.2. The highest BCUT2D eigenvalue weighted by atomic mass is 79.9. The van der Waals surface area contributed by atoms with Crippen LogP contribution in [0.3, 0.4) is 0 Å². The summed E-state index contributed by atoms with van der Waals surface area (Å²) in [7, 11) is 0. The molecule has 0 aromatic heterocycles. The fourth-order valence-corrected chi connectivity index (χ4v) is 3.36. The number of hydrogen-bond acceptors (Lipinski definition) is 3. The molecule has 1 aliphatic rings. The molecule has 3 amide bonds. The molecule has 1 unspecified atom stereocenters. The molecule has 0 aliphatic carbocycles. The van der Waals surface area contributed by atoms with Gasteiger partial charge in [-0.15, -0.1) is 0 Å². The predicted octanol–water partition coefficient (Wildman–Crippen LogP) is 2.43. The van der Waals surface area contributed by atoms with Crippen LogP contribution >= 0.6 is 15.9 Å². The van der Waals surface area contributed by atoms with Crippen molar-refractivity contribution < 1.29 is 18.8 Å². The van der Waals surface area contributed by atoms with Crippen LogP contribution in [0.2, 0.25) is 0 Å². The van der Waals surface area contributed by atoms with Gasteiger partial charge in [0.15, 0.2) is 0 Å². The van der Waals surface area contributed by atoms with Crippen molar-refractivity contribution in [1.29, 1.82) is 0 Å². The van der Waals surface area contributed by atoms with E-state index in [0.29, 0.717) is 23.4 Å². The topological polar surface area (TPSA) is 78.5 Å². The van der Waals surface area contributed by atoms with Gasteiger partial charge in [-0.25, -0.2) is 4.39 Å². The van der Waals surface area contributed by atoms with E-state index in [2.05, 4.69) is 26.6 Å². The Balaban J connectivity index is 1.69. The zero-order valence-corrected chi connectivity index (χ0v) is 16.0.